The first-order valence-electron chi connectivity index (χ1n) is 8.08. The zero-order valence-corrected chi connectivity index (χ0v) is 13.6. The van der Waals surface area contributed by atoms with Crippen molar-refractivity contribution in [1.82, 2.24) is 14.9 Å². The van der Waals surface area contributed by atoms with Crippen molar-refractivity contribution in [3.63, 3.8) is 0 Å². The van der Waals surface area contributed by atoms with Crippen molar-refractivity contribution in [1.29, 1.82) is 0 Å². The number of benzene rings is 1. The number of ether oxygens (including phenoxy) is 1. The largest absolute Gasteiger partial charge is 0.384 e. The lowest BCUT2D eigenvalue weighted by atomic mass is 9.94. The van der Waals surface area contributed by atoms with Gasteiger partial charge in [-0.1, -0.05) is 12.1 Å². The van der Waals surface area contributed by atoms with Crippen molar-refractivity contribution in [3.8, 4) is 0 Å². The molecule has 0 aliphatic carbocycles. The summed E-state index contributed by atoms with van der Waals surface area (Å²) >= 11 is 0. The van der Waals surface area contributed by atoms with Crippen molar-refractivity contribution in [2.24, 2.45) is 5.92 Å². The number of alkyl halides is 2. The number of likely N-dealkylation sites (tertiary alicyclic amines) is 1. The van der Waals surface area contributed by atoms with Crippen LogP contribution < -0.4 is 0 Å². The molecule has 1 aliphatic rings. The number of aromatic nitrogens is 2. The SMILES string of the molecule is COCC1CN(C(=O)CCc2nc3ccccc3[nH]2)CCC1(F)F. The number of nitrogens with zero attached hydrogens (tertiary/aromatic N) is 2. The van der Waals surface area contributed by atoms with E-state index in [1.807, 2.05) is 24.3 Å². The van der Waals surface area contributed by atoms with E-state index in [0.29, 0.717) is 6.42 Å². The molecule has 2 heterocycles. The number of halogens is 2. The number of carbonyl (C=O) groups excluding carboxylic acids is 1. The molecule has 1 N–H and O–H groups in total. The van der Waals surface area contributed by atoms with E-state index in [4.69, 9.17) is 4.74 Å². The Morgan fingerprint density at radius 3 is 3.00 bits per heavy atom. The zero-order chi connectivity index (χ0) is 17.2. The Morgan fingerprint density at radius 2 is 2.25 bits per heavy atom. The Morgan fingerprint density at radius 1 is 1.46 bits per heavy atom. The second-order valence-corrected chi connectivity index (χ2v) is 6.20. The summed E-state index contributed by atoms with van der Waals surface area (Å²) in [5.41, 5.74) is 1.79. The quantitative estimate of drug-likeness (QED) is 0.912. The number of H-pyrrole nitrogens is 1. The van der Waals surface area contributed by atoms with Crippen LogP contribution in [0.2, 0.25) is 0 Å². The molecule has 24 heavy (non-hydrogen) atoms. The van der Waals surface area contributed by atoms with Crippen LogP contribution in [0.4, 0.5) is 8.78 Å². The lowest BCUT2D eigenvalue weighted by molar-refractivity contribution is -0.150. The summed E-state index contributed by atoms with van der Waals surface area (Å²) in [6, 6.07) is 7.65. The van der Waals surface area contributed by atoms with Gasteiger partial charge in [-0.25, -0.2) is 13.8 Å². The summed E-state index contributed by atoms with van der Waals surface area (Å²) in [5, 5.41) is 0. The lowest BCUT2D eigenvalue weighted by Gasteiger charge is -2.38. The van der Waals surface area contributed by atoms with Crippen LogP contribution in [0.1, 0.15) is 18.7 Å². The number of imidazole rings is 1. The second-order valence-electron chi connectivity index (χ2n) is 6.20. The van der Waals surface area contributed by atoms with Crippen LogP contribution in [-0.4, -0.2) is 53.5 Å². The average Bonchev–Trinajstić information content (AvgIpc) is 2.97. The minimum absolute atomic E-state index is 0.0413. The molecule has 1 aromatic carbocycles. The van der Waals surface area contributed by atoms with Crippen molar-refractivity contribution in [3.05, 3.63) is 30.1 Å². The van der Waals surface area contributed by atoms with E-state index in [9.17, 15) is 13.6 Å². The molecule has 1 atom stereocenters. The number of nitrogens with one attached hydrogen (secondary N) is 1. The number of amides is 1. The molecule has 1 amide bonds. The molecule has 5 nitrogen and oxygen atoms in total. The fourth-order valence-corrected chi connectivity index (χ4v) is 3.09. The Labute approximate surface area is 139 Å². The van der Waals surface area contributed by atoms with Gasteiger partial charge in [-0.05, 0) is 12.1 Å². The van der Waals surface area contributed by atoms with Crippen molar-refractivity contribution >= 4 is 16.9 Å². The predicted octanol–water partition coefficient (Wildman–Crippen LogP) is 2.63. The monoisotopic (exact) mass is 337 g/mol. The topological polar surface area (TPSA) is 58.2 Å². The molecular formula is C17H21F2N3O2. The summed E-state index contributed by atoms with van der Waals surface area (Å²) in [6.07, 6.45) is 0.415. The molecule has 1 saturated heterocycles. The number of aryl methyl sites for hydroxylation is 1. The van der Waals surface area contributed by atoms with Gasteiger partial charge in [0.05, 0.1) is 23.6 Å². The summed E-state index contributed by atoms with van der Waals surface area (Å²) in [7, 11) is 1.40. The van der Waals surface area contributed by atoms with Gasteiger partial charge in [0.2, 0.25) is 5.91 Å². The highest BCUT2D eigenvalue weighted by molar-refractivity contribution is 5.77. The van der Waals surface area contributed by atoms with E-state index in [2.05, 4.69) is 9.97 Å². The van der Waals surface area contributed by atoms with Gasteiger partial charge in [0.25, 0.3) is 5.92 Å². The molecule has 1 aromatic heterocycles. The Balaban J connectivity index is 1.58. The van der Waals surface area contributed by atoms with Crippen LogP contribution in [0.25, 0.3) is 11.0 Å². The number of methoxy groups -OCH3 is 1. The molecule has 0 radical (unpaired) electrons. The highest BCUT2D eigenvalue weighted by atomic mass is 19.3. The first kappa shape index (κ1) is 16.8. The standard InChI is InChI=1S/C17H21F2N3O2/c1-24-11-12-10-22(9-8-17(12,18)19)16(23)7-6-15-20-13-4-2-3-5-14(13)21-15/h2-5,12H,6-11H2,1H3,(H,20,21). The Bertz CT molecular complexity index is 684. The molecule has 2 aromatic rings. The molecule has 0 saturated carbocycles. The van der Waals surface area contributed by atoms with Gasteiger partial charge in [0.1, 0.15) is 5.82 Å². The Hall–Kier alpha value is -2.02. The number of hydrogen-bond acceptors (Lipinski definition) is 3. The van der Waals surface area contributed by atoms with Crippen LogP contribution in [0.15, 0.2) is 24.3 Å². The molecule has 130 valence electrons. The summed E-state index contributed by atoms with van der Waals surface area (Å²) in [4.78, 5) is 21.5. The highest BCUT2D eigenvalue weighted by Crippen LogP contribution is 2.33. The van der Waals surface area contributed by atoms with Crippen molar-refractivity contribution in [2.45, 2.75) is 25.2 Å². The molecule has 7 heteroatoms. The summed E-state index contributed by atoms with van der Waals surface area (Å²) in [6.45, 7) is 0.0896. The summed E-state index contributed by atoms with van der Waals surface area (Å²) in [5.74, 6) is -3.09. The molecule has 0 spiro atoms. The van der Waals surface area contributed by atoms with Gasteiger partial charge in [-0.15, -0.1) is 0 Å². The smallest absolute Gasteiger partial charge is 0.256 e. The molecular weight excluding hydrogens is 316 g/mol. The predicted molar refractivity (Wildman–Crippen MR) is 85.9 cm³/mol. The number of piperidine rings is 1. The number of hydrogen-bond donors (Lipinski definition) is 1. The van der Waals surface area contributed by atoms with E-state index in [0.717, 1.165) is 16.9 Å². The van der Waals surface area contributed by atoms with Crippen LogP contribution in [0, 0.1) is 5.92 Å². The minimum atomic E-state index is -2.77. The van der Waals surface area contributed by atoms with Crippen LogP contribution in [-0.2, 0) is 16.0 Å². The first-order chi connectivity index (χ1) is 11.5. The van der Waals surface area contributed by atoms with Crippen LogP contribution in [0.5, 0.6) is 0 Å². The number of fused-ring (bicyclic) bond motifs is 1. The highest BCUT2D eigenvalue weighted by Gasteiger charge is 2.44. The molecule has 1 fully saturated rings. The van der Waals surface area contributed by atoms with Crippen LogP contribution in [0.3, 0.4) is 0 Å². The zero-order valence-electron chi connectivity index (χ0n) is 13.6. The molecule has 3 rings (SSSR count). The van der Waals surface area contributed by atoms with E-state index in [-0.39, 0.29) is 38.4 Å². The van der Waals surface area contributed by atoms with E-state index in [1.54, 1.807) is 0 Å². The van der Waals surface area contributed by atoms with Crippen LogP contribution >= 0.6 is 0 Å². The second kappa shape index (κ2) is 6.84. The molecule has 0 bridgehead atoms. The average molecular weight is 337 g/mol. The maximum Gasteiger partial charge on any atom is 0.256 e. The fraction of sp³-hybridized carbons (Fsp3) is 0.529. The lowest BCUT2D eigenvalue weighted by Crippen LogP contribution is -2.50. The van der Waals surface area contributed by atoms with Gasteiger partial charge >= 0.3 is 0 Å². The number of carbonyl (C=O) groups is 1. The number of para-hydroxylation sites is 2. The van der Waals surface area contributed by atoms with E-state index >= 15 is 0 Å². The van der Waals surface area contributed by atoms with Crippen molar-refractivity contribution < 1.29 is 18.3 Å². The van der Waals surface area contributed by atoms with Gasteiger partial charge < -0.3 is 14.6 Å². The van der Waals surface area contributed by atoms with Gasteiger partial charge in [0.15, 0.2) is 0 Å². The van der Waals surface area contributed by atoms with Crippen molar-refractivity contribution in [2.75, 3.05) is 26.8 Å². The van der Waals surface area contributed by atoms with E-state index < -0.39 is 11.8 Å². The maximum atomic E-state index is 13.8. The minimum Gasteiger partial charge on any atom is -0.384 e. The normalized spacial score (nSPS) is 20.5. The number of rotatable bonds is 5. The third-order valence-corrected chi connectivity index (χ3v) is 4.49. The molecule has 1 aliphatic heterocycles. The van der Waals surface area contributed by atoms with Gasteiger partial charge in [-0.3, -0.25) is 4.79 Å². The molecule has 1 unspecified atom stereocenters. The Kier molecular flexibility index (Phi) is 4.80. The van der Waals surface area contributed by atoms with Gasteiger partial charge in [0, 0.05) is 39.5 Å². The van der Waals surface area contributed by atoms with Gasteiger partial charge in [-0.2, -0.15) is 0 Å². The third-order valence-electron chi connectivity index (χ3n) is 4.49. The maximum absolute atomic E-state index is 13.8. The summed E-state index contributed by atoms with van der Waals surface area (Å²) < 4.78 is 32.5. The fourth-order valence-electron chi connectivity index (χ4n) is 3.09. The first-order valence-corrected chi connectivity index (χ1v) is 8.08. The van der Waals surface area contributed by atoms with E-state index in [1.165, 1.54) is 12.0 Å². The third kappa shape index (κ3) is 3.56. The number of aromatic amines is 1.